The Morgan fingerprint density at radius 1 is 0.373 bits per heavy atom. The van der Waals surface area contributed by atoms with Crippen LogP contribution in [0.3, 0.4) is 0 Å². The molecule has 4 aliphatic rings. The van der Waals surface area contributed by atoms with Gasteiger partial charge in [0.25, 0.3) is 6.71 Å². The lowest BCUT2D eigenvalue weighted by Gasteiger charge is -2.45. The highest BCUT2D eigenvalue weighted by Crippen LogP contribution is 2.49. The van der Waals surface area contributed by atoms with E-state index in [1.165, 1.54) is 156 Å². The smallest absolute Gasteiger partial charge is 0.252 e. The second kappa shape index (κ2) is 16.5. The third-order valence-corrected chi connectivity index (χ3v) is 15.3. The number of aryl methyl sites for hydroxylation is 3. The van der Waals surface area contributed by atoms with Crippen LogP contribution < -0.4 is 26.2 Å². The van der Waals surface area contributed by atoms with Gasteiger partial charge in [0.1, 0.15) is 0 Å². The first-order valence-electron chi connectivity index (χ1n) is 24.7. The topological polar surface area (TPSA) is 6.48 Å². The van der Waals surface area contributed by atoms with Crippen molar-refractivity contribution in [3.05, 3.63) is 222 Å². The number of hydrogen-bond acceptors (Lipinski definition) is 2. The van der Waals surface area contributed by atoms with E-state index >= 15 is 0 Å². The first-order valence-corrected chi connectivity index (χ1v) is 24.7. The predicted molar refractivity (Wildman–Crippen MR) is 285 cm³/mol. The quantitative estimate of drug-likeness (QED) is 0.147. The SMILES string of the molecule is Cc1cc2c3c(c1)N(c1cc(-c4ccccc4)cc(-c4ccccc4)c1)c1cc4c(cc1B3c1ccc(C3CCCCC3)cc1N2c1cc(-c2ccccc2)cc(-c2ccccc2)c1)CCC4. The van der Waals surface area contributed by atoms with Crippen LogP contribution in [0.4, 0.5) is 34.1 Å². The second-order valence-corrected chi connectivity index (χ2v) is 19.5. The fraction of sp³-hybridized carbons (Fsp3) is 0.156. The van der Waals surface area contributed by atoms with Crippen molar-refractivity contribution < 1.29 is 0 Å². The van der Waals surface area contributed by atoms with E-state index in [-0.39, 0.29) is 6.71 Å². The van der Waals surface area contributed by atoms with Crippen molar-refractivity contribution in [1.82, 2.24) is 0 Å². The Balaban J connectivity index is 1.10. The molecular formula is C64H53BN2. The number of rotatable bonds is 7. The minimum Gasteiger partial charge on any atom is -0.311 e. The molecule has 0 amide bonds. The normalized spacial score (nSPS) is 14.9. The molecule has 1 saturated carbocycles. The first-order chi connectivity index (χ1) is 33.1. The summed E-state index contributed by atoms with van der Waals surface area (Å²) >= 11 is 0. The van der Waals surface area contributed by atoms with Gasteiger partial charge in [-0.1, -0.05) is 159 Å². The maximum atomic E-state index is 2.66. The number of nitrogens with zero attached hydrogens (tertiary/aromatic N) is 2. The summed E-state index contributed by atoms with van der Waals surface area (Å²) in [4.78, 5) is 5.31. The van der Waals surface area contributed by atoms with Gasteiger partial charge in [0.05, 0.1) is 0 Å². The van der Waals surface area contributed by atoms with Crippen LogP contribution in [0.5, 0.6) is 0 Å². The van der Waals surface area contributed by atoms with Gasteiger partial charge in [0.2, 0.25) is 0 Å². The molecule has 0 aromatic heterocycles. The zero-order valence-electron chi connectivity index (χ0n) is 38.3. The average Bonchev–Trinajstić information content (AvgIpc) is 3.86. The molecule has 0 spiro atoms. The summed E-state index contributed by atoms with van der Waals surface area (Å²) < 4.78 is 0. The molecule has 3 heteroatoms. The van der Waals surface area contributed by atoms with E-state index in [1.807, 2.05) is 0 Å². The van der Waals surface area contributed by atoms with Crippen molar-refractivity contribution in [3.63, 3.8) is 0 Å². The van der Waals surface area contributed by atoms with Crippen molar-refractivity contribution in [3.8, 4) is 44.5 Å². The predicted octanol–water partition coefficient (Wildman–Crippen LogP) is 15.3. The zero-order chi connectivity index (χ0) is 44.4. The molecule has 2 nitrogen and oxygen atoms in total. The number of benzene rings is 9. The van der Waals surface area contributed by atoms with Crippen molar-refractivity contribution in [1.29, 1.82) is 0 Å². The third-order valence-electron chi connectivity index (χ3n) is 15.3. The van der Waals surface area contributed by atoms with Gasteiger partial charge >= 0.3 is 0 Å². The molecule has 0 unspecified atom stereocenters. The summed E-state index contributed by atoms with van der Waals surface area (Å²) in [6.07, 6.45) is 9.97. The average molecular weight is 861 g/mol. The van der Waals surface area contributed by atoms with Crippen LogP contribution in [0.1, 0.15) is 66.7 Å². The Morgan fingerprint density at radius 2 is 0.821 bits per heavy atom. The molecule has 322 valence electrons. The molecule has 0 atom stereocenters. The van der Waals surface area contributed by atoms with Gasteiger partial charge in [-0.05, 0) is 189 Å². The Labute approximate surface area is 396 Å². The third kappa shape index (κ3) is 7.03. The maximum absolute atomic E-state index is 2.66. The molecule has 2 aliphatic carbocycles. The van der Waals surface area contributed by atoms with E-state index in [1.54, 1.807) is 0 Å². The van der Waals surface area contributed by atoms with Gasteiger partial charge in [0.15, 0.2) is 0 Å². The molecule has 2 aliphatic heterocycles. The molecule has 9 aromatic rings. The minimum atomic E-state index is 0.0752. The molecule has 9 aromatic carbocycles. The van der Waals surface area contributed by atoms with Crippen molar-refractivity contribution >= 4 is 57.2 Å². The Kier molecular flexibility index (Phi) is 9.85. The number of anilines is 6. The van der Waals surface area contributed by atoms with Crippen LogP contribution in [-0.4, -0.2) is 6.71 Å². The highest BCUT2D eigenvalue weighted by molar-refractivity contribution is 7.00. The summed E-state index contributed by atoms with van der Waals surface area (Å²) in [7, 11) is 0. The highest BCUT2D eigenvalue weighted by Gasteiger charge is 2.44. The van der Waals surface area contributed by atoms with Crippen LogP contribution in [0.15, 0.2) is 200 Å². The van der Waals surface area contributed by atoms with Crippen molar-refractivity contribution in [2.45, 2.75) is 64.2 Å². The number of hydrogen-bond donors (Lipinski definition) is 0. The Morgan fingerprint density at radius 3 is 1.30 bits per heavy atom. The van der Waals surface area contributed by atoms with Gasteiger partial charge in [-0.3, -0.25) is 0 Å². The van der Waals surface area contributed by atoms with Crippen LogP contribution in [0.2, 0.25) is 0 Å². The Hall–Kier alpha value is -7.36. The molecule has 0 radical (unpaired) electrons. The van der Waals surface area contributed by atoms with Gasteiger partial charge in [-0.25, -0.2) is 0 Å². The van der Waals surface area contributed by atoms with Gasteiger partial charge in [-0.15, -0.1) is 0 Å². The largest absolute Gasteiger partial charge is 0.311 e. The Bertz CT molecular complexity index is 3200. The van der Waals surface area contributed by atoms with E-state index < -0.39 is 0 Å². The highest BCUT2D eigenvalue weighted by atomic mass is 15.2. The van der Waals surface area contributed by atoms with Crippen LogP contribution in [0, 0.1) is 6.92 Å². The molecule has 0 bridgehead atoms. The number of fused-ring (bicyclic) bond motifs is 5. The molecule has 13 rings (SSSR count). The van der Waals surface area contributed by atoms with E-state index in [4.69, 9.17) is 0 Å². The standard InChI is InChI=1S/C64H53BN2/c1-43-32-62-64-63(33-43)67(57-38-54(47-24-13-5-14-25-47)35-55(39-57)48-26-15-6-16-27-48)61-41-50-29-17-28-49(50)40-59(61)65(64)58-31-30-51(44-18-7-2-8-19-44)42-60(58)66(62)56-36-52(45-20-9-3-10-21-45)34-53(37-56)46-22-11-4-12-23-46/h3-6,9-16,20-27,30-42,44H,2,7-8,17-19,28-29H2,1H3. The van der Waals surface area contributed by atoms with Gasteiger partial charge in [0, 0.05) is 34.1 Å². The van der Waals surface area contributed by atoms with Crippen molar-refractivity contribution in [2.24, 2.45) is 0 Å². The fourth-order valence-electron chi connectivity index (χ4n) is 12.1. The van der Waals surface area contributed by atoms with Crippen LogP contribution in [-0.2, 0) is 12.8 Å². The summed E-state index contributed by atoms with van der Waals surface area (Å²) in [6, 6.07) is 76.2. The maximum Gasteiger partial charge on any atom is 0.252 e. The molecule has 0 N–H and O–H groups in total. The summed E-state index contributed by atoms with van der Waals surface area (Å²) in [5.41, 5.74) is 27.3. The second-order valence-electron chi connectivity index (χ2n) is 19.5. The molecule has 2 heterocycles. The van der Waals surface area contributed by atoms with Gasteiger partial charge in [-0.2, -0.15) is 0 Å². The molecule has 67 heavy (non-hydrogen) atoms. The zero-order valence-corrected chi connectivity index (χ0v) is 38.3. The summed E-state index contributed by atoms with van der Waals surface area (Å²) in [5.74, 6) is 0.582. The fourth-order valence-corrected chi connectivity index (χ4v) is 12.1. The van der Waals surface area contributed by atoms with Crippen molar-refractivity contribution in [2.75, 3.05) is 9.80 Å². The van der Waals surface area contributed by atoms with E-state index in [0.29, 0.717) is 5.92 Å². The lowest BCUT2D eigenvalue weighted by molar-refractivity contribution is 0.444. The summed E-state index contributed by atoms with van der Waals surface area (Å²) in [6.45, 7) is 2.38. The minimum absolute atomic E-state index is 0.0752. The first kappa shape index (κ1) is 40.0. The van der Waals surface area contributed by atoms with Crippen LogP contribution in [0.25, 0.3) is 44.5 Å². The van der Waals surface area contributed by atoms with Crippen LogP contribution >= 0.6 is 0 Å². The van der Waals surface area contributed by atoms with E-state index in [9.17, 15) is 0 Å². The van der Waals surface area contributed by atoms with E-state index in [0.717, 1.165) is 12.8 Å². The lowest BCUT2D eigenvalue weighted by atomic mass is 9.33. The molecule has 1 fully saturated rings. The van der Waals surface area contributed by atoms with E-state index in [2.05, 4.69) is 217 Å². The summed E-state index contributed by atoms with van der Waals surface area (Å²) in [5, 5.41) is 0. The lowest BCUT2D eigenvalue weighted by Crippen LogP contribution is -2.61. The van der Waals surface area contributed by atoms with Gasteiger partial charge < -0.3 is 9.80 Å². The monoisotopic (exact) mass is 860 g/mol. The molecular weight excluding hydrogens is 808 g/mol. The molecule has 0 saturated heterocycles.